The zero-order chi connectivity index (χ0) is 39.9. The molecule has 6 heteroatoms. The number of hydrogen-bond acceptors (Lipinski definition) is 0. The molecule has 0 bridgehead atoms. The largest absolute Gasteiger partial charge is 0.416 e. The normalized spacial score (nSPS) is 40.0. The van der Waals surface area contributed by atoms with Crippen molar-refractivity contribution in [3.8, 4) is 0 Å². The van der Waals surface area contributed by atoms with Gasteiger partial charge in [-0.1, -0.05) is 181 Å². The highest BCUT2D eigenvalue weighted by Crippen LogP contribution is 2.92. The van der Waals surface area contributed by atoms with E-state index in [2.05, 4.69) is 122 Å². The average molecular weight is 753 g/mol. The highest BCUT2D eigenvalue weighted by atomic mass is 19.4. The minimum absolute atomic E-state index is 0.308. The van der Waals surface area contributed by atoms with E-state index in [-0.39, 0.29) is 5.92 Å². The SMILES string of the molecule is CC1=CC=CC2C(C(C3=CC=CC3)(c3cccc(C(F)(F)F)c3)c3cccc(C(F)(F)F)c3)C3(C)C4(C)C=CC=CC4(C)C4(C)C=CC=CC4(C)C3(C)C12C. The summed E-state index contributed by atoms with van der Waals surface area (Å²) in [6, 6.07) is 10.9. The van der Waals surface area contributed by atoms with Crippen LogP contribution in [-0.4, -0.2) is 0 Å². The molecule has 55 heavy (non-hydrogen) atoms. The summed E-state index contributed by atoms with van der Waals surface area (Å²) in [4.78, 5) is 0. The summed E-state index contributed by atoms with van der Waals surface area (Å²) in [6.07, 6.45) is 21.2. The van der Waals surface area contributed by atoms with Gasteiger partial charge in [-0.05, 0) is 59.3 Å². The highest BCUT2D eigenvalue weighted by molar-refractivity contribution is 5.60. The number of rotatable bonds is 4. The van der Waals surface area contributed by atoms with Crippen molar-refractivity contribution in [1.29, 1.82) is 0 Å². The summed E-state index contributed by atoms with van der Waals surface area (Å²) in [5.41, 5.74) is -4.70. The van der Waals surface area contributed by atoms with Gasteiger partial charge >= 0.3 is 12.4 Å². The number of fused-ring (bicyclic) bond motifs is 8. The number of benzene rings is 2. The molecule has 288 valence electrons. The maximum Gasteiger partial charge on any atom is 0.416 e. The van der Waals surface area contributed by atoms with Gasteiger partial charge in [-0.2, -0.15) is 26.3 Å². The van der Waals surface area contributed by atoms with Crippen LogP contribution < -0.4 is 0 Å². The maximum absolute atomic E-state index is 14.9. The summed E-state index contributed by atoms with van der Waals surface area (Å²) in [6.45, 7) is 18.6. The molecule has 0 aromatic heterocycles. The molecule has 6 aliphatic rings. The fraction of sp³-hybridized carbons (Fsp3) is 0.429. The number of hydrogen-bond donors (Lipinski definition) is 0. The molecule has 2 fully saturated rings. The van der Waals surface area contributed by atoms with Crippen LogP contribution in [0.1, 0.15) is 84.1 Å². The van der Waals surface area contributed by atoms with Crippen molar-refractivity contribution in [2.75, 3.05) is 0 Å². The fourth-order valence-corrected chi connectivity index (χ4v) is 14.2. The van der Waals surface area contributed by atoms with Gasteiger partial charge in [0.15, 0.2) is 0 Å². The molecule has 9 atom stereocenters. The van der Waals surface area contributed by atoms with Crippen LogP contribution in [-0.2, 0) is 17.8 Å². The van der Waals surface area contributed by atoms with Crippen molar-refractivity contribution in [2.45, 2.75) is 79.6 Å². The van der Waals surface area contributed by atoms with Crippen LogP contribution in [0.2, 0.25) is 0 Å². The van der Waals surface area contributed by atoms with Crippen molar-refractivity contribution in [3.63, 3.8) is 0 Å². The van der Waals surface area contributed by atoms with E-state index in [0.717, 1.165) is 23.3 Å². The van der Waals surface area contributed by atoms with E-state index in [1.165, 1.54) is 24.3 Å². The van der Waals surface area contributed by atoms with Crippen LogP contribution in [0.25, 0.3) is 0 Å². The van der Waals surface area contributed by atoms with Gasteiger partial charge < -0.3 is 0 Å². The molecule has 0 aliphatic heterocycles. The Bertz CT molecular complexity index is 2160. The third kappa shape index (κ3) is 4.07. The van der Waals surface area contributed by atoms with Crippen LogP contribution in [0, 0.1) is 49.7 Å². The first-order chi connectivity index (χ1) is 25.6. The van der Waals surface area contributed by atoms with Crippen LogP contribution in [0.4, 0.5) is 26.3 Å². The topological polar surface area (TPSA) is 0 Å². The molecular formula is C49H50F6. The Balaban J connectivity index is 1.63. The van der Waals surface area contributed by atoms with Gasteiger partial charge in [0.05, 0.1) is 11.1 Å². The molecule has 0 amide bonds. The van der Waals surface area contributed by atoms with Crippen LogP contribution in [0.5, 0.6) is 0 Å². The average Bonchev–Trinajstić information content (AvgIpc) is 3.73. The van der Waals surface area contributed by atoms with Gasteiger partial charge in [-0.15, -0.1) is 0 Å². The molecule has 2 saturated carbocycles. The Morgan fingerprint density at radius 1 is 0.564 bits per heavy atom. The Morgan fingerprint density at radius 2 is 1.04 bits per heavy atom. The van der Waals surface area contributed by atoms with Gasteiger partial charge in [0, 0.05) is 32.5 Å². The second-order valence-electron chi connectivity index (χ2n) is 18.3. The molecule has 2 aromatic rings. The van der Waals surface area contributed by atoms with E-state index in [1.54, 1.807) is 12.1 Å². The Morgan fingerprint density at radius 3 is 1.53 bits per heavy atom. The molecule has 0 saturated heterocycles. The van der Waals surface area contributed by atoms with Gasteiger partial charge in [-0.3, -0.25) is 0 Å². The van der Waals surface area contributed by atoms with Crippen LogP contribution in [0.3, 0.4) is 0 Å². The standard InChI is InChI=1S/C49H50F6/c1-32-18-15-25-38-39(45(7)42(4)28-13-11-26-40(42,2)41(3)27-12-14-29-43(41,5)46(45,8)44(32,38)6)47(33-19-9-10-20-33,34-21-16-23-36(30-34)48(50,51)52)35-22-17-24-37(31-35)49(53,54)55/h9-19,21-31,38-39H,20H2,1-8H3. The third-order valence-corrected chi connectivity index (χ3v) is 17.5. The second-order valence-corrected chi connectivity index (χ2v) is 18.3. The third-order valence-electron chi connectivity index (χ3n) is 17.5. The van der Waals surface area contributed by atoms with E-state index in [1.807, 2.05) is 18.2 Å². The lowest BCUT2D eigenvalue weighted by atomic mass is 9.22. The molecule has 0 radical (unpaired) electrons. The molecule has 2 aromatic carbocycles. The predicted octanol–water partition coefficient (Wildman–Crippen LogP) is 14.0. The lowest BCUT2D eigenvalue weighted by Gasteiger charge is -2.80. The monoisotopic (exact) mass is 752 g/mol. The molecule has 0 N–H and O–H groups in total. The van der Waals surface area contributed by atoms with Crippen molar-refractivity contribution in [3.05, 3.63) is 167 Å². The minimum atomic E-state index is -4.68. The minimum Gasteiger partial charge on any atom is -0.166 e. The van der Waals surface area contributed by atoms with E-state index in [4.69, 9.17) is 0 Å². The van der Waals surface area contributed by atoms with Crippen molar-refractivity contribution < 1.29 is 26.3 Å². The summed E-state index contributed by atoms with van der Waals surface area (Å²) >= 11 is 0. The van der Waals surface area contributed by atoms with Gasteiger partial charge in [-0.25, -0.2) is 0 Å². The van der Waals surface area contributed by atoms with Gasteiger partial charge in [0.1, 0.15) is 0 Å². The predicted molar refractivity (Wildman–Crippen MR) is 209 cm³/mol. The van der Waals surface area contributed by atoms with Crippen LogP contribution >= 0.6 is 0 Å². The molecular weight excluding hydrogens is 703 g/mol. The van der Waals surface area contributed by atoms with Crippen LogP contribution in [0.15, 0.2) is 145 Å². The summed E-state index contributed by atoms with van der Waals surface area (Å²) in [7, 11) is 0. The molecule has 9 unspecified atom stereocenters. The molecule has 0 spiro atoms. The number of alkyl halides is 6. The molecule has 6 aliphatic carbocycles. The quantitative estimate of drug-likeness (QED) is 0.273. The lowest BCUT2D eigenvalue weighted by Crippen LogP contribution is -2.76. The first kappa shape index (κ1) is 37.8. The Hall–Kier alpha value is -4.06. The maximum atomic E-state index is 14.9. The second kappa shape index (κ2) is 11.3. The smallest absolute Gasteiger partial charge is 0.166 e. The highest BCUT2D eigenvalue weighted by Gasteiger charge is 2.88. The van der Waals surface area contributed by atoms with Gasteiger partial charge in [0.25, 0.3) is 0 Å². The zero-order valence-corrected chi connectivity index (χ0v) is 32.8. The van der Waals surface area contributed by atoms with Crippen molar-refractivity contribution in [2.24, 2.45) is 49.7 Å². The van der Waals surface area contributed by atoms with E-state index >= 15 is 0 Å². The van der Waals surface area contributed by atoms with E-state index < -0.39 is 72.7 Å². The summed E-state index contributed by atoms with van der Waals surface area (Å²) in [5, 5.41) is 0. The number of allylic oxidation sites excluding steroid dienone is 16. The fourth-order valence-electron chi connectivity index (χ4n) is 14.2. The summed E-state index contributed by atoms with van der Waals surface area (Å²) in [5.74, 6) is -0.855. The number of halogens is 6. The first-order valence-electron chi connectivity index (χ1n) is 19.4. The van der Waals surface area contributed by atoms with E-state index in [9.17, 15) is 26.3 Å². The lowest BCUT2D eigenvalue weighted by molar-refractivity contribution is -0.275. The van der Waals surface area contributed by atoms with Gasteiger partial charge in [0.2, 0.25) is 0 Å². The molecule has 0 nitrogen and oxygen atoms in total. The van der Waals surface area contributed by atoms with Crippen molar-refractivity contribution >= 4 is 0 Å². The summed E-state index contributed by atoms with van der Waals surface area (Å²) < 4.78 is 89.4. The Kier molecular flexibility index (Phi) is 7.77. The molecule has 0 heterocycles. The molecule has 8 rings (SSSR count). The zero-order valence-electron chi connectivity index (χ0n) is 32.8. The van der Waals surface area contributed by atoms with E-state index in [0.29, 0.717) is 17.5 Å². The first-order valence-corrected chi connectivity index (χ1v) is 19.4. The van der Waals surface area contributed by atoms with Crippen molar-refractivity contribution in [1.82, 2.24) is 0 Å². The Labute approximate surface area is 321 Å².